The van der Waals surface area contributed by atoms with Crippen LogP contribution in [0.15, 0.2) is 42.7 Å². The maximum absolute atomic E-state index is 12.3. The maximum atomic E-state index is 12.3. The van der Waals surface area contributed by atoms with Crippen molar-refractivity contribution in [3.8, 4) is 0 Å². The van der Waals surface area contributed by atoms with Crippen LogP contribution in [0, 0.1) is 0 Å². The van der Waals surface area contributed by atoms with Crippen molar-refractivity contribution in [2.75, 3.05) is 5.32 Å². The number of aryl methyl sites for hydroxylation is 1. The van der Waals surface area contributed by atoms with Gasteiger partial charge in [0.25, 0.3) is 5.91 Å². The lowest BCUT2D eigenvalue weighted by atomic mass is 10.1. The molecule has 0 radical (unpaired) electrons. The van der Waals surface area contributed by atoms with Gasteiger partial charge in [0.05, 0.1) is 9.90 Å². The Bertz CT molecular complexity index is 916. The summed E-state index contributed by atoms with van der Waals surface area (Å²) in [6.07, 6.45) is 3.27. The molecule has 1 aromatic carbocycles. The minimum absolute atomic E-state index is 0.187. The summed E-state index contributed by atoms with van der Waals surface area (Å²) < 4.78 is 2.43. The summed E-state index contributed by atoms with van der Waals surface area (Å²) in [7, 11) is 1.75. The molecule has 0 aliphatic heterocycles. The summed E-state index contributed by atoms with van der Waals surface area (Å²) >= 11 is 12.9. The highest BCUT2D eigenvalue weighted by Gasteiger charge is 2.16. The molecule has 1 amide bonds. The third-order valence-corrected chi connectivity index (χ3v) is 4.82. The molecule has 0 aliphatic rings. The van der Waals surface area contributed by atoms with Crippen molar-refractivity contribution in [1.29, 1.82) is 0 Å². The molecule has 3 aromatic rings. The van der Waals surface area contributed by atoms with Crippen molar-refractivity contribution in [1.82, 2.24) is 9.55 Å². The summed E-state index contributed by atoms with van der Waals surface area (Å²) in [4.78, 5) is 28.5. The molecule has 2 aromatic heterocycles. The van der Waals surface area contributed by atoms with Crippen LogP contribution >= 0.6 is 34.5 Å². The number of amides is 1. The number of carbonyl (C=O) groups excluding carboxylic acids is 2. The Morgan fingerprint density at radius 2 is 1.92 bits per heavy atom. The van der Waals surface area contributed by atoms with Crippen LogP contribution < -0.4 is 5.32 Å². The molecule has 122 valence electrons. The molecule has 0 saturated carbocycles. The zero-order valence-corrected chi connectivity index (χ0v) is 14.7. The summed E-state index contributed by atoms with van der Waals surface area (Å²) in [5.74, 6) is -0.189. The average Bonchev–Trinajstić information content (AvgIpc) is 3.12. The molecule has 5 nitrogen and oxygen atoms in total. The van der Waals surface area contributed by atoms with E-state index in [1.165, 1.54) is 6.07 Å². The highest BCUT2D eigenvalue weighted by Crippen LogP contribution is 2.31. The predicted molar refractivity (Wildman–Crippen MR) is 95.4 cm³/mol. The van der Waals surface area contributed by atoms with Crippen LogP contribution in [-0.4, -0.2) is 21.2 Å². The van der Waals surface area contributed by atoms with Crippen molar-refractivity contribution >= 4 is 51.9 Å². The fourth-order valence-electron chi connectivity index (χ4n) is 2.11. The van der Waals surface area contributed by atoms with Gasteiger partial charge in [0.1, 0.15) is 4.34 Å². The van der Waals surface area contributed by atoms with Crippen LogP contribution in [0.5, 0.6) is 0 Å². The van der Waals surface area contributed by atoms with E-state index in [1.54, 1.807) is 48.3 Å². The van der Waals surface area contributed by atoms with Crippen LogP contribution in [0.4, 0.5) is 5.69 Å². The highest BCUT2D eigenvalue weighted by atomic mass is 35.5. The Balaban J connectivity index is 1.75. The van der Waals surface area contributed by atoms with E-state index in [0.29, 0.717) is 31.3 Å². The van der Waals surface area contributed by atoms with Gasteiger partial charge >= 0.3 is 0 Å². The number of carbonyl (C=O) groups is 2. The lowest BCUT2D eigenvalue weighted by molar-refractivity contribution is 0.102. The number of anilines is 1. The van der Waals surface area contributed by atoms with E-state index in [2.05, 4.69) is 10.3 Å². The predicted octanol–water partition coefficient (Wildman–Crippen LogP) is 4.27. The quantitative estimate of drug-likeness (QED) is 0.688. The molecule has 0 unspecified atom stereocenters. The van der Waals surface area contributed by atoms with Crippen LogP contribution in [0.25, 0.3) is 0 Å². The Labute approximate surface area is 151 Å². The Morgan fingerprint density at radius 3 is 2.46 bits per heavy atom. The maximum Gasteiger partial charge on any atom is 0.258 e. The van der Waals surface area contributed by atoms with Gasteiger partial charge in [0, 0.05) is 30.7 Å². The van der Waals surface area contributed by atoms with Crippen molar-refractivity contribution in [2.24, 2.45) is 7.05 Å². The van der Waals surface area contributed by atoms with Crippen molar-refractivity contribution < 1.29 is 9.59 Å². The third kappa shape index (κ3) is 3.36. The molecule has 0 saturated heterocycles. The minimum atomic E-state index is -0.355. The van der Waals surface area contributed by atoms with E-state index in [0.717, 1.165) is 11.3 Å². The second-order valence-electron chi connectivity index (χ2n) is 4.96. The molecule has 0 bridgehead atoms. The largest absolute Gasteiger partial charge is 0.331 e. The van der Waals surface area contributed by atoms with Crippen molar-refractivity contribution in [3.63, 3.8) is 0 Å². The van der Waals surface area contributed by atoms with Gasteiger partial charge in [-0.1, -0.05) is 23.2 Å². The van der Waals surface area contributed by atoms with Crippen LogP contribution in [-0.2, 0) is 7.05 Å². The first-order valence-electron chi connectivity index (χ1n) is 6.84. The monoisotopic (exact) mass is 379 g/mol. The van der Waals surface area contributed by atoms with Gasteiger partial charge in [-0.25, -0.2) is 4.98 Å². The second kappa shape index (κ2) is 6.76. The molecule has 0 spiro atoms. The third-order valence-electron chi connectivity index (χ3n) is 3.33. The number of halogens is 2. The summed E-state index contributed by atoms with van der Waals surface area (Å²) in [6.45, 7) is 0. The van der Waals surface area contributed by atoms with Gasteiger partial charge in [0.15, 0.2) is 5.82 Å². The minimum Gasteiger partial charge on any atom is -0.331 e. The number of rotatable bonds is 4. The molecule has 3 rings (SSSR count). The van der Waals surface area contributed by atoms with Gasteiger partial charge < -0.3 is 9.88 Å². The van der Waals surface area contributed by atoms with Crippen molar-refractivity contribution in [2.45, 2.75) is 0 Å². The first kappa shape index (κ1) is 16.7. The molecule has 8 heteroatoms. The molecule has 0 fully saturated rings. The molecule has 0 atom stereocenters. The second-order valence-corrected chi connectivity index (χ2v) is 7.25. The number of nitrogens with zero attached hydrogens (tertiary/aromatic N) is 2. The SMILES string of the molecule is Cn1ccnc1C(=O)c1ccc(NC(=O)c2cc(Cl)sc2Cl)cc1. The van der Waals surface area contributed by atoms with E-state index in [4.69, 9.17) is 23.2 Å². The zero-order valence-electron chi connectivity index (χ0n) is 12.4. The van der Waals surface area contributed by atoms with Crippen LogP contribution in [0.1, 0.15) is 26.5 Å². The molecule has 24 heavy (non-hydrogen) atoms. The number of aromatic nitrogens is 2. The standard InChI is InChI=1S/C16H11Cl2N3O2S/c1-21-7-6-19-15(21)13(22)9-2-4-10(5-3-9)20-16(23)11-8-12(17)24-14(11)18/h2-8H,1H3,(H,20,23). The van der Waals surface area contributed by atoms with E-state index >= 15 is 0 Å². The Morgan fingerprint density at radius 1 is 1.21 bits per heavy atom. The fraction of sp³-hybridized carbons (Fsp3) is 0.0625. The molecule has 0 aliphatic carbocycles. The van der Waals surface area contributed by atoms with Gasteiger partial charge in [-0.3, -0.25) is 9.59 Å². The lowest BCUT2D eigenvalue weighted by Crippen LogP contribution is -2.12. The van der Waals surface area contributed by atoms with E-state index in [1.807, 2.05) is 0 Å². The van der Waals surface area contributed by atoms with E-state index in [-0.39, 0.29) is 11.7 Å². The number of benzene rings is 1. The average molecular weight is 380 g/mol. The summed E-state index contributed by atoms with van der Waals surface area (Å²) in [6, 6.07) is 8.08. The normalized spacial score (nSPS) is 10.6. The van der Waals surface area contributed by atoms with Crippen LogP contribution in [0.3, 0.4) is 0 Å². The van der Waals surface area contributed by atoms with Crippen LogP contribution in [0.2, 0.25) is 8.67 Å². The fourth-order valence-corrected chi connectivity index (χ4v) is 3.57. The first-order chi connectivity index (χ1) is 11.5. The van der Waals surface area contributed by atoms with E-state index < -0.39 is 0 Å². The molecular formula is C16H11Cl2N3O2S. The first-order valence-corrected chi connectivity index (χ1v) is 8.41. The van der Waals surface area contributed by atoms with Gasteiger partial charge in [-0.15, -0.1) is 11.3 Å². The number of imidazole rings is 1. The number of nitrogens with one attached hydrogen (secondary N) is 1. The number of hydrogen-bond acceptors (Lipinski definition) is 4. The molecular weight excluding hydrogens is 369 g/mol. The lowest BCUT2D eigenvalue weighted by Gasteiger charge is -2.06. The summed E-state index contributed by atoms with van der Waals surface area (Å²) in [5, 5.41) is 2.72. The smallest absolute Gasteiger partial charge is 0.258 e. The molecule has 2 heterocycles. The number of thiophene rings is 1. The zero-order chi connectivity index (χ0) is 17.3. The summed E-state index contributed by atoms with van der Waals surface area (Å²) in [5.41, 5.74) is 1.36. The number of ketones is 1. The highest BCUT2D eigenvalue weighted by molar-refractivity contribution is 7.20. The topological polar surface area (TPSA) is 64.0 Å². The van der Waals surface area contributed by atoms with Gasteiger partial charge in [-0.2, -0.15) is 0 Å². The van der Waals surface area contributed by atoms with E-state index in [9.17, 15) is 9.59 Å². The van der Waals surface area contributed by atoms with Gasteiger partial charge in [0.2, 0.25) is 5.78 Å². The van der Waals surface area contributed by atoms with Crippen molar-refractivity contribution in [3.05, 3.63) is 68.3 Å². The molecule has 1 N–H and O–H groups in total. The Hall–Kier alpha value is -2.15. The van der Waals surface area contributed by atoms with Gasteiger partial charge in [-0.05, 0) is 30.3 Å². The Kier molecular flexibility index (Phi) is 4.71. The number of hydrogen-bond donors (Lipinski definition) is 1.